The molecule has 0 amide bonds. The van der Waals surface area contributed by atoms with Crippen LogP contribution in [0, 0.1) is 16.7 Å². The van der Waals surface area contributed by atoms with E-state index >= 15 is 0 Å². The summed E-state index contributed by atoms with van der Waals surface area (Å²) in [5.41, 5.74) is 2.20. The fourth-order valence-corrected chi connectivity index (χ4v) is 3.52. The number of unbranched alkanes of at least 4 members (excludes halogenated alkanes) is 1. The monoisotopic (exact) mass is 422 g/mol. The van der Waals surface area contributed by atoms with Gasteiger partial charge in [-0.05, 0) is 25.0 Å². The molecule has 0 aliphatic rings. The van der Waals surface area contributed by atoms with Crippen molar-refractivity contribution in [3.8, 4) is 34.6 Å². The van der Waals surface area contributed by atoms with E-state index < -0.39 is 5.41 Å². The molecule has 0 saturated heterocycles. The second-order valence-corrected chi connectivity index (χ2v) is 7.79. The van der Waals surface area contributed by atoms with Gasteiger partial charge in [-0.2, -0.15) is 5.26 Å². The minimum atomic E-state index is -0.615. The summed E-state index contributed by atoms with van der Waals surface area (Å²) in [7, 11) is 4.64. The van der Waals surface area contributed by atoms with E-state index in [2.05, 4.69) is 16.0 Å². The van der Waals surface area contributed by atoms with Gasteiger partial charge in [-0.15, -0.1) is 0 Å². The molecule has 0 aliphatic heterocycles. The van der Waals surface area contributed by atoms with E-state index in [-0.39, 0.29) is 5.78 Å². The van der Waals surface area contributed by atoms with Crippen LogP contribution in [0.3, 0.4) is 0 Å². The van der Waals surface area contributed by atoms with Gasteiger partial charge in [0, 0.05) is 23.6 Å². The number of carbonyl (C=O) groups is 1. The van der Waals surface area contributed by atoms with Crippen LogP contribution in [0.25, 0.3) is 22.4 Å². The van der Waals surface area contributed by atoms with Gasteiger partial charge in [-0.25, -0.2) is 9.97 Å². The average Bonchev–Trinajstić information content (AvgIpc) is 3.20. The summed E-state index contributed by atoms with van der Waals surface area (Å²) in [6, 6.07) is 5.70. The third kappa shape index (κ3) is 4.31. The van der Waals surface area contributed by atoms with Crippen molar-refractivity contribution in [3.05, 3.63) is 30.1 Å². The van der Waals surface area contributed by atoms with Crippen LogP contribution in [0.1, 0.15) is 43.5 Å². The summed E-state index contributed by atoms with van der Waals surface area (Å²) in [4.78, 5) is 25.4. The zero-order valence-corrected chi connectivity index (χ0v) is 18.4. The number of ether oxygens (including phenoxy) is 3. The third-order valence-corrected chi connectivity index (χ3v) is 5.29. The molecule has 0 saturated carbocycles. The molecule has 2 heterocycles. The normalized spacial score (nSPS) is 11.2. The number of rotatable bonds is 9. The van der Waals surface area contributed by atoms with Crippen molar-refractivity contribution in [2.24, 2.45) is 5.41 Å². The number of ketones is 1. The molecule has 0 unspecified atom stereocenters. The first-order valence-electron chi connectivity index (χ1n) is 9.92. The van der Waals surface area contributed by atoms with Gasteiger partial charge < -0.3 is 19.2 Å². The van der Waals surface area contributed by atoms with E-state index in [1.165, 1.54) is 0 Å². The molecule has 162 valence electrons. The molecule has 8 heteroatoms. The Bertz CT molecular complexity index is 1120. The molecule has 1 N–H and O–H groups in total. The maximum absolute atomic E-state index is 13.2. The number of nitrogens with one attached hydrogen (secondary N) is 1. The number of aromatic nitrogens is 3. The highest BCUT2D eigenvalue weighted by Crippen LogP contribution is 2.41. The fourth-order valence-electron chi connectivity index (χ4n) is 3.52. The lowest BCUT2D eigenvalue weighted by atomic mass is 9.80. The number of Topliss-reactive ketones (excluding diaryl/α,β-unsaturated/α-hetero) is 1. The van der Waals surface area contributed by atoms with Gasteiger partial charge in [0.25, 0.3) is 0 Å². The Labute approximate surface area is 181 Å². The molecule has 3 aromatic rings. The molecule has 0 aliphatic carbocycles. The largest absolute Gasteiger partial charge is 0.493 e. The molecular formula is C23H26N4O4. The summed E-state index contributed by atoms with van der Waals surface area (Å²) in [6.07, 6.45) is 4.99. The van der Waals surface area contributed by atoms with E-state index in [9.17, 15) is 4.79 Å². The van der Waals surface area contributed by atoms with E-state index in [1.54, 1.807) is 45.9 Å². The van der Waals surface area contributed by atoms with Gasteiger partial charge in [0.2, 0.25) is 5.75 Å². The van der Waals surface area contributed by atoms with E-state index in [0.717, 1.165) is 5.56 Å². The Balaban J connectivity index is 2.05. The lowest BCUT2D eigenvalue weighted by molar-refractivity contribution is 0.0826. The van der Waals surface area contributed by atoms with Crippen molar-refractivity contribution < 1.29 is 19.0 Å². The van der Waals surface area contributed by atoms with Crippen molar-refractivity contribution in [3.63, 3.8) is 0 Å². The number of fused-ring (bicyclic) bond motifs is 1. The van der Waals surface area contributed by atoms with Gasteiger partial charge in [0.1, 0.15) is 5.52 Å². The predicted octanol–water partition coefficient (Wildman–Crippen LogP) is 4.55. The van der Waals surface area contributed by atoms with Crippen LogP contribution < -0.4 is 14.2 Å². The van der Waals surface area contributed by atoms with Crippen molar-refractivity contribution in [2.75, 3.05) is 21.3 Å². The number of carbonyl (C=O) groups excluding carboxylic acids is 1. The molecule has 2 aromatic heterocycles. The summed E-state index contributed by atoms with van der Waals surface area (Å²) in [5.74, 6) is 1.46. The van der Waals surface area contributed by atoms with Crippen LogP contribution in [-0.4, -0.2) is 42.1 Å². The topological polar surface area (TPSA) is 110 Å². The van der Waals surface area contributed by atoms with Crippen molar-refractivity contribution in [2.45, 2.75) is 33.1 Å². The first kappa shape index (κ1) is 22.1. The first-order valence-corrected chi connectivity index (χ1v) is 9.92. The molecule has 0 spiro atoms. The van der Waals surface area contributed by atoms with Gasteiger partial charge in [-0.1, -0.05) is 13.8 Å². The highest BCUT2D eigenvalue weighted by atomic mass is 16.5. The quantitative estimate of drug-likeness (QED) is 0.398. The molecule has 0 atom stereocenters. The van der Waals surface area contributed by atoms with Crippen LogP contribution in [0.5, 0.6) is 17.2 Å². The lowest BCUT2D eigenvalue weighted by Gasteiger charge is -2.22. The Kier molecular flexibility index (Phi) is 6.44. The number of hydrogen-bond donors (Lipinski definition) is 1. The zero-order chi connectivity index (χ0) is 22.6. The third-order valence-electron chi connectivity index (χ3n) is 5.29. The lowest BCUT2D eigenvalue weighted by Crippen LogP contribution is -2.24. The zero-order valence-electron chi connectivity index (χ0n) is 18.4. The summed E-state index contributed by atoms with van der Waals surface area (Å²) >= 11 is 0. The summed E-state index contributed by atoms with van der Waals surface area (Å²) in [6.45, 7) is 3.78. The molecule has 0 bridgehead atoms. The maximum atomic E-state index is 13.2. The highest BCUT2D eigenvalue weighted by Gasteiger charge is 2.30. The highest BCUT2D eigenvalue weighted by molar-refractivity contribution is 6.08. The van der Waals surface area contributed by atoms with Gasteiger partial charge in [0.15, 0.2) is 22.9 Å². The Hall–Kier alpha value is -3.60. The van der Waals surface area contributed by atoms with Crippen LogP contribution in [-0.2, 0) is 0 Å². The SMILES string of the molecule is COc1cc(-c2cnc3[nH]cc(C(=O)C(C)(C)CCCC#N)c3n2)cc(OC)c1OC. The van der Waals surface area contributed by atoms with Gasteiger partial charge in [0.05, 0.1) is 44.9 Å². The number of aromatic amines is 1. The number of methoxy groups -OCH3 is 3. The number of nitrogens with zero attached hydrogens (tertiary/aromatic N) is 3. The van der Waals surface area contributed by atoms with E-state index in [0.29, 0.717) is 58.9 Å². The molecule has 0 radical (unpaired) electrons. The minimum Gasteiger partial charge on any atom is -0.493 e. The molecule has 0 fully saturated rings. The van der Waals surface area contributed by atoms with E-state index in [4.69, 9.17) is 24.5 Å². The minimum absolute atomic E-state index is 0.0342. The number of benzene rings is 1. The molecule has 31 heavy (non-hydrogen) atoms. The van der Waals surface area contributed by atoms with Gasteiger partial charge >= 0.3 is 0 Å². The second kappa shape index (κ2) is 9.04. The van der Waals surface area contributed by atoms with Crippen LogP contribution in [0.2, 0.25) is 0 Å². The molecule has 3 rings (SSSR count). The smallest absolute Gasteiger partial charge is 0.203 e. The van der Waals surface area contributed by atoms with Crippen molar-refractivity contribution >= 4 is 16.9 Å². The predicted molar refractivity (Wildman–Crippen MR) is 117 cm³/mol. The van der Waals surface area contributed by atoms with Crippen molar-refractivity contribution in [1.82, 2.24) is 15.0 Å². The van der Waals surface area contributed by atoms with Crippen molar-refractivity contribution in [1.29, 1.82) is 5.26 Å². The Morgan fingerprint density at radius 3 is 2.42 bits per heavy atom. The average molecular weight is 422 g/mol. The van der Waals surface area contributed by atoms with Crippen LogP contribution in [0.15, 0.2) is 24.5 Å². The van der Waals surface area contributed by atoms with Gasteiger partial charge in [-0.3, -0.25) is 4.79 Å². The van der Waals surface area contributed by atoms with E-state index in [1.807, 2.05) is 13.8 Å². The molecular weight excluding hydrogens is 396 g/mol. The summed E-state index contributed by atoms with van der Waals surface area (Å²) < 4.78 is 16.2. The first-order chi connectivity index (χ1) is 14.9. The second-order valence-electron chi connectivity index (χ2n) is 7.79. The number of hydrogen-bond acceptors (Lipinski definition) is 7. The Morgan fingerprint density at radius 2 is 1.84 bits per heavy atom. The fraction of sp³-hybridized carbons (Fsp3) is 0.391. The molecule has 1 aromatic carbocycles. The number of nitriles is 1. The van der Waals surface area contributed by atoms with Crippen LogP contribution in [0.4, 0.5) is 0 Å². The standard InChI is InChI=1S/C23H26N4O4/c1-23(2,8-6-7-9-24)21(28)15-12-25-22-19(15)27-16(13-26-22)14-10-17(29-3)20(31-5)18(11-14)30-4/h10-13H,6-8H2,1-5H3,(H,25,26). The Morgan fingerprint density at radius 1 is 1.16 bits per heavy atom. The number of H-pyrrole nitrogens is 1. The summed E-state index contributed by atoms with van der Waals surface area (Å²) in [5, 5.41) is 8.79. The van der Waals surface area contributed by atoms with Crippen LogP contribution >= 0.6 is 0 Å². The molecule has 8 nitrogen and oxygen atoms in total. The maximum Gasteiger partial charge on any atom is 0.203 e.